The molecule has 1 fully saturated rings. The lowest BCUT2D eigenvalue weighted by atomic mass is 9.96. The maximum Gasteiger partial charge on any atom is 0.261 e. The summed E-state index contributed by atoms with van der Waals surface area (Å²) in [6.45, 7) is 3.15. The van der Waals surface area contributed by atoms with Crippen molar-refractivity contribution in [2.24, 2.45) is 5.92 Å². The Bertz CT molecular complexity index is 791. The number of carbonyl (C=O) groups excluding carboxylic acids is 2. The van der Waals surface area contributed by atoms with E-state index in [1.165, 1.54) is 17.0 Å². The van der Waals surface area contributed by atoms with Gasteiger partial charge in [0.15, 0.2) is 0 Å². The number of carbonyl (C=O) groups is 2. The topological polar surface area (TPSA) is 40.6 Å². The van der Waals surface area contributed by atoms with E-state index in [0.717, 1.165) is 38.0 Å². The van der Waals surface area contributed by atoms with E-state index >= 15 is 0 Å². The maximum atomic E-state index is 13.0. The second-order valence-electron chi connectivity index (χ2n) is 7.11. The van der Waals surface area contributed by atoms with Crippen molar-refractivity contribution < 1.29 is 14.0 Å². The molecule has 0 aromatic heterocycles. The fraction of sp³-hybridized carbons (Fsp3) is 0.333. The third-order valence-electron chi connectivity index (χ3n) is 5.35. The van der Waals surface area contributed by atoms with Crippen molar-refractivity contribution in [1.82, 2.24) is 9.80 Å². The molecular weight excluding hydrogens is 331 g/mol. The highest BCUT2D eigenvalue weighted by atomic mass is 19.1. The van der Waals surface area contributed by atoms with Crippen LogP contribution in [0, 0.1) is 11.7 Å². The number of amides is 2. The van der Waals surface area contributed by atoms with Crippen LogP contribution in [0.5, 0.6) is 0 Å². The third kappa shape index (κ3) is 3.27. The number of likely N-dealkylation sites (tertiary alicyclic amines) is 1. The number of hydrogen-bond donors (Lipinski definition) is 0. The van der Waals surface area contributed by atoms with Crippen LogP contribution in [-0.2, 0) is 6.54 Å². The van der Waals surface area contributed by atoms with Crippen molar-refractivity contribution in [3.63, 3.8) is 0 Å². The van der Waals surface area contributed by atoms with Gasteiger partial charge in [-0.05, 0) is 61.7 Å². The smallest absolute Gasteiger partial charge is 0.261 e. The van der Waals surface area contributed by atoms with Crippen LogP contribution in [0.4, 0.5) is 4.39 Å². The van der Waals surface area contributed by atoms with Gasteiger partial charge in [-0.15, -0.1) is 0 Å². The van der Waals surface area contributed by atoms with Crippen molar-refractivity contribution in [3.05, 3.63) is 71.0 Å². The van der Waals surface area contributed by atoms with Crippen molar-refractivity contribution in [2.75, 3.05) is 19.6 Å². The first-order chi connectivity index (χ1) is 12.6. The van der Waals surface area contributed by atoms with E-state index in [4.69, 9.17) is 0 Å². The van der Waals surface area contributed by atoms with Crippen molar-refractivity contribution in [1.29, 1.82) is 0 Å². The first-order valence-electron chi connectivity index (χ1n) is 9.04. The largest absolute Gasteiger partial charge is 0.299 e. The Morgan fingerprint density at radius 2 is 1.46 bits per heavy atom. The summed E-state index contributed by atoms with van der Waals surface area (Å²) in [5.74, 6) is -0.214. The minimum atomic E-state index is -0.214. The molecule has 0 N–H and O–H groups in total. The maximum absolute atomic E-state index is 13.0. The number of fused-ring (bicyclic) bond motifs is 1. The van der Waals surface area contributed by atoms with Gasteiger partial charge < -0.3 is 0 Å². The summed E-state index contributed by atoms with van der Waals surface area (Å²) in [5.41, 5.74) is 2.14. The Balaban J connectivity index is 1.32. The molecule has 0 unspecified atom stereocenters. The summed E-state index contributed by atoms with van der Waals surface area (Å²) < 4.78 is 13.0. The van der Waals surface area contributed by atoms with E-state index in [9.17, 15) is 14.0 Å². The van der Waals surface area contributed by atoms with Crippen molar-refractivity contribution in [2.45, 2.75) is 19.4 Å². The van der Waals surface area contributed by atoms with Crippen LogP contribution in [0.3, 0.4) is 0 Å². The Morgan fingerprint density at radius 3 is 2.04 bits per heavy atom. The Hall–Kier alpha value is -2.53. The highest BCUT2D eigenvalue weighted by molar-refractivity contribution is 6.21. The van der Waals surface area contributed by atoms with E-state index in [2.05, 4.69) is 4.90 Å². The summed E-state index contributed by atoms with van der Waals surface area (Å²) in [7, 11) is 0. The monoisotopic (exact) mass is 352 g/mol. The first-order valence-corrected chi connectivity index (χ1v) is 9.04. The molecule has 0 bridgehead atoms. The molecule has 5 heteroatoms. The van der Waals surface area contributed by atoms with Gasteiger partial charge in [0.25, 0.3) is 11.8 Å². The molecule has 26 heavy (non-hydrogen) atoms. The molecule has 0 spiro atoms. The number of benzene rings is 2. The Labute approximate surface area is 152 Å². The fourth-order valence-electron chi connectivity index (χ4n) is 3.84. The summed E-state index contributed by atoms with van der Waals surface area (Å²) in [6.07, 6.45) is 1.91. The molecule has 2 amide bonds. The van der Waals surface area contributed by atoms with Crippen LogP contribution in [0.2, 0.25) is 0 Å². The molecule has 2 heterocycles. The molecule has 0 aliphatic carbocycles. The molecule has 2 aromatic carbocycles. The van der Waals surface area contributed by atoms with Crippen LogP contribution >= 0.6 is 0 Å². The molecule has 2 aliphatic rings. The molecule has 2 aromatic rings. The van der Waals surface area contributed by atoms with Gasteiger partial charge in [0, 0.05) is 13.1 Å². The number of imide groups is 1. The molecule has 0 saturated carbocycles. The highest BCUT2D eigenvalue weighted by Gasteiger charge is 2.36. The first kappa shape index (κ1) is 16.9. The van der Waals surface area contributed by atoms with Gasteiger partial charge in [-0.3, -0.25) is 19.4 Å². The average Bonchev–Trinajstić information content (AvgIpc) is 2.90. The van der Waals surface area contributed by atoms with Crippen LogP contribution < -0.4 is 0 Å². The number of piperidine rings is 1. The quantitative estimate of drug-likeness (QED) is 0.793. The lowest BCUT2D eigenvalue weighted by molar-refractivity contribution is 0.0596. The molecule has 1 saturated heterocycles. The molecule has 4 nitrogen and oxygen atoms in total. The van der Waals surface area contributed by atoms with Crippen molar-refractivity contribution >= 4 is 11.8 Å². The van der Waals surface area contributed by atoms with Gasteiger partial charge in [0.1, 0.15) is 5.82 Å². The normalized spacial score (nSPS) is 18.4. The van der Waals surface area contributed by atoms with Crippen LogP contribution in [-0.4, -0.2) is 41.2 Å². The zero-order valence-corrected chi connectivity index (χ0v) is 14.5. The van der Waals surface area contributed by atoms with Gasteiger partial charge in [-0.1, -0.05) is 24.3 Å². The molecule has 0 atom stereocenters. The standard InChI is InChI=1S/C21H21FN2O2/c22-17-7-5-15(6-8-17)13-23-11-9-16(10-12-23)14-24-20(25)18-3-1-2-4-19(18)21(24)26/h1-8,16H,9-14H2. The number of nitrogens with zero attached hydrogens (tertiary/aromatic N) is 2. The summed E-state index contributed by atoms with van der Waals surface area (Å²) in [4.78, 5) is 28.7. The highest BCUT2D eigenvalue weighted by Crippen LogP contribution is 2.26. The lowest BCUT2D eigenvalue weighted by Crippen LogP contribution is -2.40. The van der Waals surface area contributed by atoms with Gasteiger partial charge in [0.05, 0.1) is 11.1 Å². The van der Waals surface area contributed by atoms with Crippen molar-refractivity contribution in [3.8, 4) is 0 Å². The zero-order valence-electron chi connectivity index (χ0n) is 14.5. The zero-order chi connectivity index (χ0) is 18.1. The summed E-state index contributed by atoms with van der Waals surface area (Å²) in [5, 5.41) is 0. The van der Waals surface area contributed by atoms with Gasteiger partial charge in [-0.2, -0.15) is 0 Å². The third-order valence-corrected chi connectivity index (χ3v) is 5.35. The average molecular weight is 352 g/mol. The number of hydrogen-bond acceptors (Lipinski definition) is 3. The van der Waals surface area contributed by atoms with E-state index < -0.39 is 0 Å². The van der Waals surface area contributed by atoms with Gasteiger partial charge in [0.2, 0.25) is 0 Å². The number of halogens is 1. The van der Waals surface area contributed by atoms with Gasteiger partial charge >= 0.3 is 0 Å². The summed E-state index contributed by atoms with van der Waals surface area (Å²) >= 11 is 0. The van der Waals surface area contributed by atoms with Crippen LogP contribution in [0.1, 0.15) is 39.1 Å². The molecule has 134 valence electrons. The molecule has 0 radical (unpaired) electrons. The Kier molecular flexibility index (Phi) is 4.55. The van der Waals surface area contributed by atoms with E-state index in [0.29, 0.717) is 23.6 Å². The second-order valence-corrected chi connectivity index (χ2v) is 7.11. The molecular formula is C21H21FN2O2. The molecule has 4 rings (SSSR count). The van der Waals surface area contributed by atoms with Crippen LogP contribution in [0.25, 0.3) is 0 Å². The van der Waals surface area contributed by atoms with E-state index in [1.807, 2.05) is 12.1 Å². The lowest BCUT2D eigenvalue weighted by Gasteiger charge is -2.33. The predicted octanol–water partition coefficient (Wildman–Crippen LogP) is 3.33. The minimum Gasteiger partial charge on any atom is -0.299 e. The fourth-order valence-corrected chi connectivity index (χ4v) is 3.84. The minimum absolute atomic E-state index is 0.167. The molecule has 2 aliphatic heterocycles. The predicted molar refractivity (Wildman–Crippen MR) is 96.2 cm³/mol. The second kappa shape index (κ2) is 7.00. The number of rotatable bonds is 4. The van der Waals surface area contributed by atoms with Gasteiger partial charge in [-0.25, -0.2) is 4.39 Å². The summed E-state index contributed by atoms with van der Waals surface area (Å²) in [6, 6.07) is 13.7. The Morgan fingerprint density at radius 1 is 0.885 bits per heavy atom. The SMILES string of the molecule is O=C1c2ccccc2C(=O)N1CC1CCN(Cc2ccc(F)cc2)CC1. The van der Waals surface area contributed by atoms with Crippen LogP contribution in [0.15, 0.2) is 48.5 Å². The van der Waals surface area contributed by atoms with E-state index in [-0.39, 0.29) is 17.6 Å². The van der Waals surface area contributed by atoms with E-state index in [1.54, 1.807) is 24.3 Å².